The summed E-state index contributed by atoms with van der Waals surface area (Å²) in [6, 6.07) is 32.9. The van der Waals surface area contributed by atoms with Crippen LogP contribution < -0.4 is 15.0 Å². The van der Waals surface area contributed by atoms with E-state index >= 15 is 0 Å². The van der Waals surface area contributed by atoms with E-state index in [0.29, 0.717) is 0 Å². The third-order valence-electron chi connectivity index (χ3n) is 7.56. The second kappa shape index (κ2) is 6.42. The number of nitrogens with one attached hydrogen (secondary N) is 1. The topological polar surface area (TPSA) is 24.5 Å². The molecule has 0 saturated carbocycles. The van der Waals surface area contributed by atoms with Gasteiger partial charge in [0.2, 0.25) is 0 Å². The molecule has 0 bridgehead atoms. The summed E-state index contributed by atoms with van der Waals surface area (Å²) in [5, 5.41) is 6.29. The lowest BCUT2D eigenvalue weighted by atomic mass is 9.94. The lowest BCUT2D eigenvalue weighted by Gasteiger charge is -2.32. The number of fused-ring (bicyclic) bond motifs is 5. The SMILES string of the molecule is CCC1Nc2cccc3c2N1c1ccc(-c2ccc4c5c(cccc25)-c2ccccc2-4)cc1O3. The molecule has 5 aromatic rings. The van der Waals surface area contributed by atoms with Gasteiger partial charge in [-0.1, -0.05) is 73.7 Å². The van der Waals surface area contributed by atoms with Gasteiger partial charge in [0.15, 0.2) is 11.5 Å². The molecule has 0 saturated heterocycles. The molecule has 0 spiro atoms. The van der Waals surface area contributed by atoms with Gasteiger partial charge in [-0.2, -0.15) is 0 Å². The normalized spacial score (nSPS) is 16.0. The minimum absolute atomic E-state index is 0.236. The van der Waals surface area contributed by atoms with E-state index in [1.54, 1.807) is 0 Å². The first-order valence-electron chi connectivity index (χ1n) is 12.0. The first-order chi connectivity index (χ1) is 16.8. The van der Waals surface area contributed by atoms with Crippen molar-refractivity contribution < 1.29 is 4.74 Å². The highest BCUT2D eigenvalue weighted by molar-refractivity contribution is 6.18. The van der Waals surface area contributed by atoms with Gasteiger partial charge in [0.05, 0.1) is 11.4 Å². The maximum Gasteiger partial charge on any atom is 0.153 e. The van der Waals surface area contributed by atoms with Crippen LogP contribution in [0.4, 0.5) is 17.1 Å². The molecule has 1 N–H and O–H groups in total. The Morgan fingerprint density at radius 2 is 1.50 bits per heavy atom. The third-order valence-corrected chi connectivity index (χ3v) is 7.56. The zero-order valence-electron chi connectivity index (χ0n) is 18.8. The summed E-state index contributed by atoms with van der Waals surface area (Å²) in [6.45, 7) is 2.22. The number of para-hydroxylation sites is 1. The molecule has 3 aliphatic rings. The quantitative estimate of drug-likeness (QED) is 0.293. The van der Waals surface area contributed by atoms with Gasteiger partial charge in [0, 0.05) is 0 Å². The highest BCUT2D eigenvalue weighted by atomic mass is 16.5. The van der Waals surface area contributed by atoms with E-state index in [2.05, 4.69) is 108 Å². The van der Waals surface area contributed by atoms with Crippen LogP contribution in [0.2, 0.25) is 0 Å². The second-order valence-electron chi connectivity index (χ2n) is 9.31. The number of hydrogen-bond donors (Lipinski definition) is 1. The fraction of sp³-hybridized carbons (Fsp3) is 0.0968. The molecule has 162 valence electrons. The highest BCUT2D eigenvalue weighted by Gasteiger charge is 2.36. The fourth-order valence-electron chi connectivity index (χ4n) is 6.08. The minimum Gasteiger partial charge on any atom is -0.453 e. The Bertz CT molecular complexity index is 1640. The maximum absolute atomic E-state index is 6.46. The van der Waals surface area contributed by atoms with Crippen LogP contribution in [0.25, 0.3) is 44.2 Å². The van der Waals surface area contributed by atoms with Crippen LogP contribution in [0.15, 0.2) is 91.0 Å². The average Bonchev–Trinajstić information content (AvgIpc) is 3.43. The van der Waals surface area contributed by atoms with E-state index in [4.69, 9.17) is 4.74 Å². The smallest absolute Gasteiger partial charge is 0.153 e. The van der Waals surface area contributed by atoms with Crippen LogP contribution in [0.5, 0.6) is 11.5 Å². The van der Waals surface area contributed by atoms with E-state index < -0.39 is 0 Å². The summed E-state index contributed by atoms with van der Waals surface area (Å²) < 4.78 is 6.46. The molecule has 2 heterocycles. The van der Waals surface area contributed by atoms with Gasteiger partial charge in [-0.25, -0.2) is 0 Å². The van der Waals surface area contributed by atoms with Crippen molar-refractivity contribution in [2.24, 2.45) is 0 Å². The van der Waals surface area contributed by atoms with Gasteiger partial charge in [-0.05, 0) is 74.8 Å². The molecule has 0 fully saturated rings. The number of hydrogen-bond acceptors (Lipinski definition) is 3. The molecule has 0 aromatic heterocycles. The van der Waals surface area contributed by atoms with Gasteiger partial charge < -0.3 is 15.0 Å². The number of nitrogens with zero attached hydrogens (tertiary/aromatic N) is 1. The molecular weight excluding hydrogens is 416 g/mol. The number of anilines is 3. The number of rotatable bonds is 2. The van der Waals surface area contributed by atoms with E-state index in [0.717, 1.165) is 35.0 Å². The molecule has 0 radical (unpaired) electrons. The van der Waals surface area contributed by atoms with Crippen LogP contribution in [-0.2, 0) is 0 Å². The fourth-order valence-corrected chi connectivity index (χ4v) is 6.08. The zero-order valence-corrected chi connectivity index (χ0v) is 18.8. The molecule has 2 aliphatic heterocycles. The Labute approximate surface area is 198 Å². The zero-order chi connectivity index (χ0) is 22.4. The van der Waals surface area contributed by atoms with Crippen molar-refractivity contribution in [3.63, 3.8) is 0 Å². The molecular formula is C31H22N2O. The molecule has 0 amide bonds. The molecule has 1 unspecified atom stereocenters. The Kier molecular flexibility index (Phi) is 3.44. The summed E-state index contributed by atoms with van der Waals surface area (Å²) >= 11 is 0. The molecule has 34 heavy (non-hydrogen) atoms. The summed E-state index contributed by atoms with van der Waals surface area (Å²) in [5.74, 6) is 1.83. The van der Waals surface area contributed by atoms with Crippen molar-refractivity contribution in [2.75, 3.05) is 10.2 Å². The van der Waals surface area contributed by atoms with Crippen molar-refractivity contribution in [1.82, 2.24) is 0 Å². The van der Waals surface area contributed by atoms with Gasteiger partial charge >= 0.3 is 0 Å². The number of ether oxygens (including phenoxy) is 1. The van der Waals surface area contributed by atoms with Gasteiger partial charge in [0.1, 0.15) is 11.9 Å². The van der Waals surface area contributed by atoms with Gasteiger partial charge in [0.25, 0.3) is 0 Å². The largest absolute Gasteiger partial charge is 0.453 e. The molecule has 1 atom stereocenters. The summed E-state index contributed by atoms with van der Waals surface area (Å²) in [7, 11) is 0. The van der Waals surface area contributed by atoms with Crippen molar-refractivity contribution in [3.8, 4) is 44.9 Å². The first kappa shape index (κ1) is 18.2. The highest BCUT2D eigenvalue weighted by Crippen LogP contribution is 2.55. The van der Waals surface area contributed by atoms with Crippen LogP contribution in [0.3, 0.4) is 0 Å². The predicted octanol–water partition coefficient (Wildman–Crippen LogP) is 8.56. The van der Waals surface area contributed by atoms with Crippen LogP contribution in [-0.4, -0.2) is 6.17 Å². The minimum atomic E-state index is 0.236. The lowest BCUT2D eigenvalue weighted by Crippen LogP contribution is -2.32. The first-order valence-corrected chi connectivity index (χ1v) is 12.0. The predicted molar refractivity (Wildman–Crippen MR) is 140 cm³/mol. The van der Waals surface area contributed by atoms with Crippen LogP contribution in [0.1, 0.15) is 13.3 Å². The van der Waals surface area contributed by atoms with Crippen molar-refractivity contribution in [3.05, 3.63) is 91.0 Å². The molecule has 8 rings (SSSR count). The number of benzene rings is 5. The monoisotopic (exact) mass is 438 g/mol. The Hall–Kier alpha value is -4.24. The Balaban J connectivity index is 1.32. The molecule has 3 nitrogen and oxygen atoms in total. The molecule has 1 aliphatic carbocycles. The molecule has 3 heteroatoms. The third kappa shape index (κ3) is 2.21. The summed E-state index contributed by atoms with van der Waals surface area (Å²) in [6.07, 6.45) is 1.24. The standard InChI is InChI=1S/C31H22N2O/c1-2-29-32-25-11-6-12-27-31(25)33(29)26-16-13-18(17-28(26)34-27)19-14-15-24-21-8-4-3-7-20(21)23-10-5-9-22(19)30(23)24/h3-17,29,32H,2H2,1H3. The Morgan fingerprint density at radius 1 is 0.735 bits per heavy atom. The Morgan fingerprint density at radius 3 is 2.35 bits per heavy atom. The summed E-state index contributed by atoms with van der Waals surface area (Å²) in [5.41, 5.74) is 11.2. The van der Waals surface area contributed by atoms with Crippen molar-refractivity contribution in [1.29, 1.82) is 0 Å². The maximum atomic E-state index is 6.46. The van der Waals surface area contributed by atoms with Gasteiger partial charge in [-0.3, -0.25) is 0 Å². The average molecular weight is 439 g/mol. The lowest BCUT2D eigenvalue weighted by molar-refractivity contribution is 0.472. The van der Waals surface area contributed by atoms with E-state index in [1.165, 1.54) is 44.2 Å². The van der Waals surface area contributed by atoms with E-state index in [1.807, 2.05) is 0 Å². The summed E-state index contributed by atoms with van der Waals surface area (Å²) in [4.78, 5) is 2.40. The van der Waals surface area contributed by atoms with E-state index in [9.17, 15) is 0 Å². The van der Waals surface area contributed by atoms with Crippen molar-refractivity contribution in [2.45, 2.75) is 19.5 Å². The van der Waals surface area contributed by atoms with Gasteiger partial charge in [-0.15, -0.1) is 0 Å². The van der Waals surface area contributed by atoms with Crippen molar-refractivity contribution >= 4 is 27.8 Å². The van der Waals surface area contributed by atoms with E-state index in [-0.39, 0.29) is 6.17 Å². The second-order valence-corrected chi connectivity index (χ2v) is 9.31. The van der Waals surface area contributed by atoms with Crippen LogP contribution in [0, 0.1) is 0 Å². The van der Waals surface area contributed by atoms with Crippen LogP contribution >= 0.6 is 0 Å². The molecule has 5 aromatic carbocycles.